The maximum Gasteiger partial charge on any atom is 0.418 e. The normalized spacial score (nSPS) is 33.4. The number of rotatable bonds is 5. The van der Waals surface area contributed by atoms with Gasteiger partial charge in [-0.2, -0.15) is 26.3 Å². The van der Waals surface area contributed by atoms with Gasteiger partial charge in [-0.1, -0.05) is 13.8 Å². The van der Waals surface area contributed by atoms with Crippen LogP contribution in [0.4, 0.5) is 32.0 Å². The van der Waals surface area contributed by atoms with E-state index in [1.54, 1.807) is 0 Å². The van der Waals surface area contributed by atoms with Crippen molar-refractivity contribution in [2.75, 3.05) is 5.32 Å². The van der Waals surface area contributed by atoms with Gasteiger partial charge in [0.2, 0.25) is 5.91 Å². The van der Waals surface area contributed by atoms with Crippen LogP contribution in [0.2, 0.25) is 0 Å². The van der Waals surface area contributed by atoms with E-state index in [1.807, 2.05) is 13.8 Å². The molecule has 0 unspecified atom stereocenters. The number of anilines is 1. The van der Waals surface area contributed by atoms with Crippen molar-refractivity contribution >= 4 is 23.3 Å². The Kier molecular flexibility index (Phi) is 7.14. The minimum Gasteiger partial charge on any atom is -0.481 e. The van der Waals surface area contributed by atoms with Crippen LogP contribution in [-0.2, 0) is 26.7 Å². The van der Waals surface area contributed by atoms with Crippen molar-refractivity contribution in [2.45, 2.75) is 77.6 Å². The Hall–Kier alpha value is -2.59. The largest absolute Gasteiger partial charge is 0.481 e. The number of carboxylic acids is 1. The number of Topliss-reactive ketones (excluding diaryl/α,β-unsaturated/α-hetero) is 1. The topological polar surface area (TPSA) is 83.5 Å². The summed E-state index contributed by atoms with van der Waals surface area (Å²) in [7, 11) is 0. The number of hydrogen-bond acceptors (Lipinski definition) is 3. The summed E-state index contributed by atoms with van der Waals surface area (Å²) in [4.78, 5) is 37.5. The zero-order valence-corrected chi connectivity index (χ0v) is 21.1. The Labute approximate surface area is 216 Å². The van der Waals surface area contributed by atoms with E-state index in [-0.39, 0.29) is 36.4 Å². The molecule has 0 radical (unpaired) electrons. The Morgan fingerprint density at radius 1 is 1.00 bits per heavy atom. The molecule has 3 aliphatic rings. The Balaban J connectivity index is 1.59. The molecule has 0 bridgehead atoms. The fraction of sp³-hybridized carbons (Fsp3) is 0.667. The molecular formula is C27H31F6NO4. The molecule has 0 saturated heterocycles. The van der Waals surface area contributed by atoms with E-state index < -0.39 is 57.8 Å². The quantitative estimate of drug-likeness (QED) is 0.391. The van der Waals surface area contributed by atoms with Gasteiger partial charge in [0.1, 0.15) is 5.78 Å². The number of carbonyl (C=O) groups excluding carboxylic acids is 2. The fourth-order valence-corrected chi connectivity index (χ4v) is 7.68. The summed E-state index contributed by atoms with van der Waals surface area (Å²) in [5.74, 6) is -2.37. The molecular weight excluding hydrogens is 516 g/mol. The average molecular weight is 548 g/mol. The number of amides is 1. The standard InChI is InChI=1S/C27H31F6NO4/c1-24-11-9-17-15(4-8-21(35)25(17,2)12-10-22(36)37)16(24)6-7-19(24)23(38)34-20-13-14(26(28,29)30)3-5-18(20)27(31,32)33/h3,5,13,15-17,19H,4,6-12H2,1-2H3,(H,34,38)(H,36,37)/t15-,16-,17-,19+,24-,25+/m0/s1. The van der Waals surface area contributed by atoms with E-state index in [2.05, 4.69) is 5.32 Å². The molecule has 0 aliphatic heterocycles. The fourth-order valence-electron chi connectivity index (χ4n) is 7.68. The molecule has 1 aromatic carbocycles. The third kappa shape index (κ3) is 4.93. The molecule has 2 N–H and O–H groups in total. The van der Waals surface area contributed by atoms with Gasteiger partial charge in [0.25, 0.3) is 0 Å². The highest BCUT2D eigenvalue weighted by molar-refractivity contribution is 5.94. The van der Waals surface area contributed by atoms with Gasteiger partial charge < -0.3 is 10.4 Å². The number of fused-ring (bicyclic) bond motifs is 3. The minimum atomic E-state index is -4.96. The Morgan fingerprint density at radius 2 is 1.68 bits per heavy atom. The number of benzene rings is 1. The monoisotopic (exact) mass is 547 g/mol. The molecule has 3 aliphatic carbocycles. The number of halogens is 6. The number of carboxylic acid groups (broad SMARTS) is 1. The van der Waals surface area contributed by atoms with Crippen molar-refractivity contribution in [3.8, 4) is 0 Å². The van der Waals surface area contributed by atoms with Gasteiger partial charge >= 0.3 is 18.3 Å². The Morgan fingerprint density at radius 3 is 2.29 bits per heavy atom. The molecule has 5 nitrogen and oxygen atoms in total. The van der Waals surface area contributed by atoms with Gasteiger partial charge in [-0.25, -0.2) is 0 Å². The number of hydrogen-bond donors (Lipinski definition) is 2. The van der Waals surface area contributed by atoms with Gasteiger partial charge in [-0.15, -0.1) is 0 Å². The van der Waals surface area contributed by atoms with E-state index >= 15 is 0 Å². The molecule has 11 heteroatoms. The highest BCUT2D eigenvalue weighted by Crippen LogP contribution is 2.64. The summed E-state index contributed by atoms with van der Waals surface area (Å²) in [6.45, 7) is 3.73. The molecule has 210 valence electrons. The summed E-state index contributed by atoms with van der Waals surface area (Å²) < 4.78 is 80.3. The lowest BCUT2D eigenvalue weighted by Crippen LogP contribution is -2.53. The van der Waals surface area contributed by atoms with Crippen LogP contribution in [0.3, 0.4) is 0 Å². The van der Waals surface area contributed by atoms with E-state index in [1.165, 1.54) is 0 Å². The molecule has 0 aromatic heterocycles. The highest BCUT2D eigenvalue weighted by Gasteiger charge is 2.60. The van der Waals surface area contributed by atoms with Crippen LogP contribution in [0.25, 0.3) is 0 Å². The van der Waals surface area contributed by atoms with E-state index in [0.29, 0.717) is 56.7 Å². The van der Waals surface area contributed by atoms with Crippen LogP contribution in [0.1, 0.15) is 76.3 Å². The third-order valence-corrected chi connectivity index (χ3v) is 9.68. The Bertz CT molecular complexity index is 1130. The predicted octanol–water partition coefficient (Wildman–Crippen LogP) is 6.96. The SMILES string of the molecule is C[C@]12CC[C@H]3[C@@H](CCC(=O)[C@]3(C)CCC(=O)O)[C@@H]1CC[C@@H]2C(=O)Nc1cc(C(F)(F)F)ccc1C(F)(F)F. The highest BCUT2D eigenvalue weighted by atomic mass is 19.4. The molecule has 6 atom stereocenters. The van der Waals surface area contributed by atoms with Gasteiger partial charge in [0, 0.05) is 24.2 Å². The van der Waals surface area contributed by atoms with Crippen LogP contribution < -0.4 is 5.32 Å². The smallest absolute Gasteiger partial charge is 0.418 e. The maximum absolute atomic E-state index is 13.6. The van der Waals surface area contributed by atoms with Crippen molar-refractivity contribution in [1.29, 1.82) is 0 Å². The van der Waals surface area contributed by atoms with Crippen molar-refractivity contribution in [3.63, 3.8) is 0 Å². The average Bonchev–Trinajstić information content (AvgIpc) is 3.16. The first kappa shape index (κ1) is 28.4. The van der Waals surface area contributed by atoms with Crippen molar-refractivity contribution < 1.29 is 45.8 Å². The zero-order valence-electron chi connectivity index (χ0n) is 21.1. The van der Waals surface area contributed by atoms with Crippen LogP contribution >= 0.6 is 0 Å². The van der Waals surface area contributed by atoms with E-state index in [0.717, 1.165) is 0 Å². The molecule has 0 spiro atoms. The molecule has 3 fully saturated rings. The second-order valence-corrected chi connectivity index (χ2v) is 11.6. The lowest BCUT2D eigenvalue weighted by Gasteiger charge is -2.55. The van der Waals surface area contributed by atoms with Crippen LogP contribution in [0.15, 0.2) is 18.2 Å². The summed E-state index contributed by atoms with van der Waals surface area (Å²) in [5.41, 5.74) is -4.93. The number of alkyl halides is 6. The van der Waals surface area contributed by atoms with Gasteiger partial charge in [0.05, 0.1) is 16.8 Å². The summed E-state index contributed by atoms with van der Waals surface area (Å²) in [6.07, 6.45) is -6.76. The maximum atomic E-state index is 13.6. The summed E-state index contributed by atoms with van der Waals surface area (Å²) in [5, 5.41) is 11.4. The van der Waals surface area contributed by atoms with Crippen molar-refractivity contribution in [1.82, 2.24) is 0 Å². The minimum absolute atomic E-state index is 0.00199. The number of ketones is 1. The predicted molar refractivity (Wildman–Crippen MR) is 125 cm³/mol. The lowest BCUT2D eigenvalue weighted by molar-refractivity contribution is -0.150. The van der Waals surface area contributed by atoms with Crippen LogP contribution in [0, 0.1) is 34.5 Å². The van der Waals surface area contributed by atoms with Crippen molar-refractivity contribution in [2.24, 2.45) is 34.5 Å². The van der Waals surface area contributed by atoms with E-state index in [9.17, 15) is 45.8 Å². The van der Waals surface area contributed by atoms with Crippen LogP contribution in [0.5, 0.6) is 0 Å². The number of nitrogens with one attached hydrogen (secondary N) is 1. The summed E-state index contributed by atoms with van der Waals surface area (Å²) in [6, 6.07) is 1.01. The molecule has 3 saturated carbocycles. The van der Waals surface area contributed by atoms with E-state index in [4.69, 9.17) is 0 Å². The zero-order chi connectivity index (χ0) is 28.3. The molecule has 1 amide bonds. The molecule has 1 aromatic rings. The van der Waals surface area contributed by atoms with Crippen LogP contribution in [-0.4, -0.2) is 22.8 Å². The lowest BCUT2D eigenvalue weighted by atomic mass is 9.48. The first-order valence-corrected chi connectivity index (χ1v) is 12.8. The number of carbonyl (C=O) groups is 3. The van der Waals surface area contributed by atoms with Crippen molar-refractivity contribution in [3.05, 3.63) is 29.3 Å². The van der Waals surface area contributed by atoms with Gasteiger partial charge in [-0.05, 0) is 79.9 Å². The first-order chi connectivity index (χ1) is 17.5. The third-order valence-electron chi connectivity index (χ3n) is 9.68. The summed E-state index contributed by atoms with van der Waals surface area (Å²) >= 11 is 0. The molecule has 4 rings (SSSR count). The second kappa shape index (κ2) is 9.55. The first-order valence-electron chi connectivity index (χ1n) is 12.8. The van der Waals surface area contributed by atoms with Gasteiger partial charge in [0.15, 0.2) is 0 Å². The molecule has 0 heterocycles. The molecule has 38 heavy (non-hydrogen) atoms. The number of aliphatic carboxylic acids is 1. The second-order valence-electron chi connectivity index (χ2n) is 11.6. The van der Waals surface area contributed by atoms with Gasteiger partial charge in [-0.3, -0.25) is 14.4 Å².